The summed E-state index contributed by atoms with van der Waals surface area (Å²) in [6.07, 6.45) is 0. The predicted molar refractivity (Wildman–Crippen MR) is 101 cm³/mol. The summed E-state index contributed by atoms with van der Waals surface area (Å²) < 4.78 is 19.6. The Labute approximate surface area is 152 Å². The average Bonchev–Trinajstić information content (AvgIpc) is 2.63. The maximum Gasteiger partial charge on any atom is 0.129 e. The van der Waals surface area contributed by atoms with Gasteiger partial charge in [0.15, 0.2) is 0 Å². The summed E-state index contributed by atoms with van der Waals surface area (Å²) in [5.74, 6) is 0.476. The Morgan fingerprint density at radius 1 is 0.960 bits per heavy atom. The Hall–Kier alpha value is -2.52. The summed E-state index contributed by atoms with van der Waals surface area (Å²) in [5, 5.41) is 4.07. The van der Waals surface area contributed by atoms with Gasteiger partial charge in [-0.05, 0) is 36.8 Å². The third kappa shape index (κ3) is 4.52. The lowest BCUT2D eigenvalue weighted by molar-refractivity contribution is 0.297. The summed E-state index contributed by atoms with van der Waals surface area (Å²) in [6.45, 7) is 2.75. The lowest BCUT2D eigenvalue weighted by atomic mass is 10.1. The average molecular weight is 356 g/mol. The van der Waals surface area contributed by atoms with E-state index in [1.54, 1.807) is 18.2 Å². The number of rotatable bonds is 6. The summed E-state index contributed by atoms with van der Waals surface area (Å²) in [5.41, 5.74) is 3.52. The predicted octanol–water partition coefficient (Wildman–Crippen LogP) is 5.98. The number of anilines is 1. The van der Waals surface area contributed by atoms with Crippen molar-refractivity contribution in [3.05, 3.63) is 94.3 Å². The first-order chi connectivity index (χ1) is 12.1. The van der Waals surface area contributed by atoms with Crippen LogP contribution >= 0.6 is 11.6 Å². The molecule has 0 aliphatic rings. The molecule has 25 heavy (non-hydrogen) atoms. The first kappa shape index (κ1) is 17.3. The number of hydrogen-bond donors (Lipinski definition) is 1. The van der Waals surface area contributed by atoms with E-state index in [4.69, 9.17) is 16.3 Å². The van der Waals surface area contributed by atoms with Crippen molar-refractivity contribution in [3.63, 3.8) is 0 Å². The van der Waals surface area contributed by atoms with E-state index >= 15 is 0 Å². The van der Waals surface area contributed by atoms with Gasteiger partial charge in [0.25, 0.3) is 0 Å². The molecule has 2 nitrogen and oxygen atoms in total. The number of hydrogen-bond acceptors (Lipinski definition) is 2. The molecule has 1 N–H and O–H groups in total. The molecule has 3 rings (SSSR count). The molecule has 0 spiro atoms. The van der Waals surface area contributed by atoms with E-state index in [9.17, 15) is 4.39 Å². The third-order valence-corrected chi connectivity index (χ3v) is 4.38. The van der Waals surface area contributed by atoms with Gasteiger partial charge in [-0.1, -0.05) is 54.1 Å². The molecular formula is C21H19ClFNO. The monoisotopic (exact) mass is 355 g/mol. The van der Waals surface area contributed by atoms with Gasteiger partial charge in [-0.25, -0.2) is 4.39 Å². The van der Waals surface area contributed by atoms with Crippen LogP contribution in [-0.4, -0.2) is 0 Å². The van der Waals surface area contributed by atoms with Crippen molar-refractivity contribution in [1.29, 1.82) is 0 Å². The normalized spacial score (nSPS) is 10.5. The highest BCUT2D eigenvalue weighted by Gasteiger charge is 2.06. The minimum atomic E-state index is -0.257. The van der Waals surface area contributed by atoms with Gasteiger partial charge < -0.3 is 10.1 Å². The van der Waals surface area contributed by atoms with Gasteiger partial charge in [0.2, 0.25) is 0 Å². The standard InChI is InChI=1S/C21H19ClFNO/c1-15-10-11-18(12-19(15)22)24-13-16-6-3-5-9-21(16)25-14-17-7-2-4-8-20(17)23/h2-12,24H,13-14H2,1H3. The fourth-order valence-electron chi connectivity index (χ4n) is 2.46. The third-order valence-electron chi connectivity index (χ3n) is 3.97. The van der Waals surface area contributed by atoms with Gasteiger partial charge in [-0.2, -0.15) is 0 Å². The van der Waals surface area contributed by atoms with Crippen LogP contribution in [0.4, 0.5) is 10.1 Å². The Bertz CT molecular complexity index is 866. The number of aryl methyl sites for hydroxylation is 1. The van der Waals surface area contributed by atoms with Crippen LogP contribution in [-0.2, 0) is 13.2 Å². The van der Waals surface area contributed by atoms with Crippen LogP contribution < -0.4 is 10.1 Å². The lowest BCUT2D eigenvalue weighted by Gasteiger charge is -2.13. The topological polar surface area (TPSA) is 21.3 Å². The summed E-state index contributed by atoms with van der Waals surface area (Å²) in [4.78, 5) is 0. The molecule has 0 bridgehead atoms. The van der Waals surface area contributed by atoms with E-state index in [0.717, 1.165) is 27.6 Å². The maximum atomic E-state index is 13.7. The van der Waals surface area contributed by atoms with Gasteiger partial charge in [-0.15, -0.1) is 0 Å². The second-order valence-corrected chi connectivity index (χ2v) is 6.21. The summed E-state index contributed by atoms with van der Waals surface area (Å²) >= 11 is 6.16. The zero-order valence-corrected chi connectivity index (χ0v) is 14.7. The summed E-state index contributed by atoms with van der Waals surface area (Å²) in [7, 11) is 0. The molecule has 0 radical (unpaired) electrons. The molecule has 0 atom stereocenters. The highest BCUT2D eigenvalue weighted by atomic mass is 35.5. The fourth-order valence-corrected chi connectivity index (χ4v) is 2.64. The number of halogens is 2. The molecule has 0 aromatic heterocycles. The smallest absolute Gasteiger partial charge is 0.129 e. The van der Waals surface area contributed by atoms with Crippen molar-refractivity contribution < 1.29 is 9.13 Å². The Balaban J connectivity index is 1.68. The van der Waals surface area contributed by atoms with Crippen LogP contribution in [0.3, 0.4) is 0 Å². The van der Waals surface area contributed by atoms with Gasteiger partial charge >= 0.3 is 0 Å². The molecule has 3 aromatic carbocycles. The lowest BCUT2D eigenvalue weighted by Crippen LogP contribution is -2.04. The molecule has 3 aromatic rings. The quantitative estimate of drug-likeness (QED) is 0.587. The van der Waals surface area contributed by atoms with Crippen LogP contribution in [0.5, 0.6) is 5.75 Å². The van der Waals surface area contributed by atoms with Crippen molar-refractivity contribution in [2.45, 2.75) is 20.1 Å². The van der Waals surface area contributed by atoms with Crippen molar-refractivity contribution in [2.24, 2.45) is 0 Å². The molecule has 4 heteroatoms. The van der Waals surface area contributed by atoms with E-state index in [1.165, 1.54) is 6.07 Å². The van der Waals surface area contributed by atoms with Crippen molar-refractivity contribution in [1.82, 2.24) is 0 Å². The number of para-hydroxylation sites is 1. The molecule has 0 fully saturated rings. The molecule has 0 unspecified atom stereocenters. The van der Waals surface area contributed by atoms with E-state index in [1.807, 2.05) is 49.4 Å². The summed E-state index contributed by atoms with van der Waals surface area (Å²) in [6, 6.07) is 20.2. The number of benzene rings is 3. The van der Waals surface area contributed by atoms with Gasteiger partial charge in [-0.3, -0.25) is 0 Å². The zero-order chi connectivity index (χ0) is 17.6. The van der Waals surface area contributed by atoms with Gasteiger partial charge in [0.05, 0.1) is 0 Å². The van der Waals surface area contributed by atoms with Crippen molar-refractivity contribution in [2.75, 3.05) is 5.32 Å². The highest BCUT2D eigenvalue weighted by molar-refractivity contribution is 6.31. The van der Waals surface area contributed by atoms with E-state index < -0.39 is 0 Å². The number of ether oxygens (including phenoxy) is 1. The highest BCUT2D eigenvalue weighted by Crippen LogP contribution is 2.24. The molecule has 0 aliphatic carbocycles. The second-order valence-electron chi connectivity index (χ2n) is 5.81. The molecule has 0 heterocycles. The largest absolute Gasteiger partial charge is 0.488 e. The van der Waals surface area contributed by atoms with Crippen LogP contribution in [0.15, 0.2) is 66.7 Å². The second kappa shape index (κ2) is 8.04. The first-order valence-electron chi connectivity index (χ1n) is 8.07. The van der Waals surface area contributed by atoms with Gasteiger partial charge in [0, 0.05) is 28.4 Å². The minimum absolute atomic E-state index is 0.194. The van der Waals surface area contributed by atoms with Crippen LogP contribution in [0.1, 0.15) is 16.7 Å². The molecule has 0 saturated heterocycles. The first-order valence-corrected chi connectivity index (χ1v) is 8.45. The van der Waals surface area contributed by atoms with Crippen LogP contribution in [0, 0.1) is 12.7 Å². The minimum Gasteiger partial charge on any atom is -0.488 e. The fraction of sp³-hybridized carbons (Fsp3) is 0.143. The van der Waals surface area contributed by atoms with E-state index in [0.29, 0.717) is 12.1 Å². The van der Waals surface area contributed by atoms with Crippen LogP contribution in [0.25, 0.3) is 0 Å². The van der Waals surface area contributed by atoms with Crippen molar-refractivity contribution in [3.8, 4) is 5.75 Å². The zero-order valence-electron chi connectivity index (χ0n) is 13.9. The van der Waals surface area contributed by atoms with Crippen molar-refractivity contribution >= 4 is 17.3 Å². The molecule has 128 valence electrons. The Kier molecular flexibility index (Phi) is 5.56. The SMILES string of the molecule is Cc1ccc(NCc2ccccc2OCc2ccccc2F)cc1Cl. The van der Waals surface area contributed by atoms with Crippen LogP contribution in [0.2, 0.25) is 5.02 Å². The Morgan fingerprint density at radius 2 is 1.68 bits per heavy atom. The Morgan fingerprint density at radius 3 is 2.44 bits per heavy atom. The molecule has 0 amide bonds. The van der Waals surface area contributed by atoms with E-state index in [-0.39, 0.29) is 12.4 Å². The van der Waals surface area contributed by atoms with E-state index in [2.05, 4.69) is 5.32 Å². The molecule has 0 aliphatic heterocycles. The maximum absolute atomic E-state index is 13.7. The molecule has 0 saturated carbocycles. The van der Waals surface area contributed by atoms with Gasteiger partial charge in [0.1, 0.15) is 18.2 Å². The number of nitrogens with one attached hydrogen (secondary N) is 1. The molecular weight excluding hydrogens is 337 g/mol.